The number of nitrogens with zero attached hydrogens (tertiary/aromatic N) is 1. The molecule has 4 heteroatoms. The first-order valence-electron chi connectivity index (χ1n) is 6.97. The molecule has 1 atom stereocenters. The molecule has 1 aliphatic heterocycles. The van der Waals surface area contributed by atoms with E-state index in [0.29, 0.717) is 12.4 Å². The van der Waals surface area contributed by atoms with Crippen LogP contribution in [0, 0.1) is 0 Å². The summed E-state index contributed by atoms with van der Waals surface area (Å²) in [4.78, 5) is 13.9. The van der Waals surface area contributed by atoms with Crippen molar-refractivity contribution in [3.05, 3.63) is 60.2 Å². The Labute approximate surface area is 123 Å². The molecule has 1 unspecified atom stereocenters. The highest BCUT2D eigenvalue weighted by Crippen LogP contribution is 2.35. The predicted molar refractivity (Wildman–Crippen MR) is 79.5 cm³/mol. The van der Waals surface area contributed by atoms with Crippen molar-refractivity contribution >= 4 is 6.09 Å². The van der Waals surface area contributed by atoms with Crippen LogP contribution in [0.2, 0.25) is 0 Å². The maximum absolute atomic E-state index is 12.3. The molecule has 0 aliphatic carbocycles. The zero-order valence-corrected chi connectivity index (χ0v) is 11.9. The van der Waals surface area contributed by atoms with Gasteiger partial charge in [0.1, 0.15) is 11.5 Å². The number of para-hydroxylation sites is 2. The zero-order valence-electron chi connectivity index (χ0n) is 11.9. The summed E-state index contributed by atoms with van der Waals surface area (Å²) in [5.74, 6) is 1.39. The van der Waals surface area contributed by atoms with E-state index in [-0.39, 0.29) is 12.1 Å². The molecule has 0 saturated carbocycles. The van der Waals surface area contributed by atoms with Gasteiger partial charge in [0.25, 0.3) is 0 Å². The van der Waals surface area contributed by atoms with Crippen LogP contribution in [-0.2, 0) is 0 Å². The van der Waals surface area contributed by atoms with E-state index in [1.165, 1.54) is 0 Å². The molecule has 21 heavy (non-hydrogen) atoms. The lowest BCUT2D eigenvalue weighted by Gasteiger charge is -2.32. The fourth-order valence-electron chi connectivity index (χ4n) is 2.51. The molecule has 0 spiro atoms. The molecule has 108 valence electrons. The lowest BCUT2D eigenvalue weighted by Crippen LogP contribution is -2.36. The number of hydrogen-bond donors (Lipinski definition) is 0. The summed E-state index contributed by atoms with van der Waals surface area (Å²) >= 11 is 0. The van der Waals surface area contributed by atoms with Gasteiger partial charge in [-0.05, 0) is 18.2 Å². The van der Waals surface area contributed by atoms with E-state index >= 15 is 0 Å². The van der Waals surface area contributed by atoms with Crippen LogP contribution in [-0.4, -0.2) is 24.6 Å². The number of carbonyl (C=O) groups excluding carboxylic acids is 1. The van der Waals surface area contributed by atoms with Crippen LogP contribution in [0.3, 0.4) is 0 Å². The lowest BCUT2D eigenvalue weighted by molar-refractivity contribution is 0.127. The van der Waals surface area contributed by atoms with Gasteiger partial charge in [0.15, 0.2) is 0 Å². The molecule has 2 aromatic rings. The van der Waals surface area contributed by atoms with E-state index in [1.807, 2.05) is 42.5 Å². The molecule has 1 aliphatic rings. The standard InChI is InChI=1S/C17H17NO3/c1-18(17(19)21-13-7-3-2-4-8-13)15-11-12-20-16-10-6-5-9-14(15)16/h2-10,15H,11-12H2,1H3. The Hall–Kier alpha value is -2.49. The lowest BCUT2D eigenvalue weighted by atomic mass is 10.00. The summed E-state index contributed by atoms with van der Waals surface area (Å²) in [5, 5.41) is 0. The molecule has 0 radical (unpaired) electrons. The SMILES string of the molecule is CN(C(=O)Oc1ccccc1)C1CCOc2ccccc21. The van der Waals surface area contributed by atoms with Gasteiger partial charge < -0.3 is 14.4 Å². The predicted octanol–water partition coefficient (Wildman–Crippen LogP) is 3.64. The van der Waals surface area contributed by atoms with Gasteiger partial charge in [-0.2, -0.15) is 0 Å². The van der Waals surface area contributed by atoms with Gasteiger partial charge in [-0.3, -0.25) is 0 Å². The number of benzene rings is 2. The van der Waals surface area contributed by atoms with E-state index in [2.05, 4.69) is 0 Å². The first kappa shape index (κ1) is 13.5. The van der Waals surface area contributed by atoms with Crippen molar-refractivity contribution in [1.82, 2.24) is 4.90 Å². The van der Waals surface area contributed by atoms with Crippen LogP contribution in [0.25, 0.3) is 0 Å². The Kier molecular flexibility index (Phi) is 3.77. The average Bonchev–Trinajstić information content (AvgIpc) is 2.54. The number of fused-ring (bicyclic) bond motifs is 1. The van der Waals surface area contributed by atoms with E-state index in [0.717, 1.165) is 17.7 Å². The second-order valence-electron chi connectivity index (χ2n) is 4.98. The minimum Gasteiger partial charge on any atom is -0.493 e. The Bertz CT molecular complexity index is 627. The third-order valence-electron chi connectivity index (χ3n) is 3.63. The van der Waals surface area contributed by atoms with E-state index in [1.54, 1.807) is 24.1 Å². The van der Waals surface area contributed by atoms with Crippen molar-refractivity contribution in [2.75, 3.05) is 13.7 Å². The van der Waals surface area contributed by atoms with Crippen LogP contribution in [0.5, 0.6) is 11.5 Å². The number of amides is 1. The first-order chi connectivity index (χ1) is 10.3. The van der Waals surface area contributed by atoms with Gasteiger partial charge in [-0.15, -0.1) is 0 Å². The maximum atomic E-state index is 12.3. The maximum Gasteiger partial charge on any atom is 0.415 e. The number of rotatable bonds is 2. The largest absolute Gasteiger partial charge is 0.493 e. The molecule has 2 aromatic carbocycles. The zero-order chi connectivity index (χ0) is 14.7. The summed E-state index contributed by atoms with van der Waals surface area (Å²) in [7, 11) is 1.76. The first-order valence-corrected chi connectivity index (χ1v) is 6.97. The fraction of sp³-hybridized carbons (Fsp3) is 0.235. The summed E-state index contributed by atoms with van der Waals surface area (Å²) < 4.78 is 11.0. The third kappa shape index (κ3) is 2.84. The van der Waals surface area contributed by atoms with Crippen molar-refractivity contribution < 1.29 is 14.3 Å². The van der Waals surface area contributed by atoms with Gasteiger partial charge in [0, 0.05) is 19.0 Å². The summed E-state index contributed by atoms with van der Waals surface area (Å²) in [6, 6.07) is 16.9. The Morgan fingerprint density at radius 3 is 2.67 bits per heavy atom. The normalized spacial score (nSPS) is 16.5. The second-order valence-corrected chi connectivity index (χ2v) is 4.98. The van der Waals surface area contributed by atoms with Crippen molar-refractivity contribution in [1.29, 1.82) is 0 Å². The summed E-state index contributed by atoms with van der Waals surface area (Å²) in [6.07, 6.45) is 0.403. The van der Waals surface area contributed by atoms with Gasteiger partial charge in [0.2, 0.25) is 0 Å². The minimum absolute atomic E-state index is 0.0221. The smallest absolute Gasteiger partial charge is 0.415 e. The Balaban J connectivity index is 1.76. The molecule has 0 fully saturated rings. The highest BCUT2D eigenvalue weighted by molar-refractivity contribution is 5.71. The Morgan fingerprint density at radius 1 is 1.14 bits per heavy atom. The minimum atomic E-state index is -0.358. The monoisotopic (exact) mass is 283 g/mol. The number of carbonyl (C=O) groups is 1. The topological polar surface area (TPSA) is 38.8 Å². The van der Waals surface area contributed by atoms with E-state index in [4.69, 9.17) is 9.47 Å². The summed E-state index contributed by atoms with van der Waals surface area (Å²) in [6.45, 7) is 0.602. The molecule has 0 saturated heterocycles. The Morgan fingerprint density at radius 2 is 1.86 bits per heavy atom. The van der Waals surface area contributed by atoms with Crippen molar-refractivity contribution in [2.45, 2.75) is 12.5 Å². The molecular weight excluding hydrogens is 266 g/mol. The third-order valence-corrected chi connectivity index (χ3v) is 3.63. The van der Waals surface area contributed by atoms with Gasteiger partial charge in [-0.1, -0.05) is 36.4 Å². The molecule has 1 heterocycles. The van der Waals surface area contributed by atoms with Crippen molar-refractivity contribution in [3.63, 3.8) is 0 Å². The van der Waals surface area contributed by atoms with Crippen LogP contribution >= 0.6 is 0 Å². The molecule has 1 amide bonds. The van der Waals surface area contributed by atoms with Crippen LogP contribution in [0.1, 0.15) is 18.0 Å². The molecular formula is C17H17NO3. The van der Waals surface area contributed by atoms with Crippen LogP contribution in [0.4, 0.5) is 4.79 Å². The van der Waals surface area contributed by atoms with Gasteiger partial charge >= 0.3 is 6.09 Å². The highest BCUT2D eigenvalue weighted by atomic mass is 16.6. The molecule has 3 rings (SSSR count). The van der Waals surface area contributed by atoms with E-state index in [9.17, 15) is 4.79 Å². The van der Waals surface area contributed by atoms with Gasteiger partial charge in [-0.25, -0.2) is 4.79 Å². The van der Waals surface area contributed by atoms with E-state index < -0.39 is 0 Å². The molecule has 0 N–H and O–H groups in total. The molecule has 4 nitrogen and oxygen atoms in total. The van der Waals surface area contributed by atoms with Crippen molar-refractivity contribution in [2.24, 2.45) is 0 Å². The summed E-state index contributed by atoms with van der Waals surface area (Å²) in [5.41, 5.74) is 1.02. The van der Waals surface area contributed by atoms with Crippen LogP contribution in [0.15, 0.2) is 54.6 Å². The van der Waals surface area contributed by atoms with Crippen molar-refractivity contribution in [3.8, 4) is 11.5 Å². The molecule has 0 bridgehead atoms. The quantitative estimate of drug-likeness (QED) is 0.844. The number of hydrogen-bond acceptors (Lipinski definition) is 3. The highest BCUT2D eigenvalue weighted by Gasteiger charge is 2.28. The number of ether oxygens (including phenoxy) is 2. The van der Waals surface area contributed by atoms with Gasteiger partial charge in [0.05, 0.1) is 12.6 Å². The average molecular weight is 283 g/mol. The van der Waals surface area contributed by atoms with Crippen LogP contribution < -0.4 is 9.47 Å². The second kappa shape index (κ2) is 5.87. The fourth-order valence-corrected chi connectivity index (χ4v) is 2.51. The molecule has 0 aromatic heterocycles.